The summed E-state index contributed by atoms with van der Waals surface area (Å²) in [7, 11) is 1.31. The van der Waals surface area contributed by atoms with Gasteiger partial charge in [-0.2, -0.15) is 13.2 Å². The molecule has 0 radical (unpaired) electrons. The molecule has 2 amide bonds. The van der Waals surface area contributed by atoms with Gasteiger partial charge in [0.2, 0.25) is 5.72 Å². The first-order valence-electron chi connectivity index (χ1n) is 8.29. The molecule has 2 aromatic rings. The molecular weight excluding hydrogens is 377 g/mol. The number of urea groups is 1. The molecule has 1 aliphatic rings. The number of rotatable bonds is 4. The van der Waals surface area contributed by atoms with Crippen LogP contribution in [0.4, 0.5) is 18.0 Å². The molecule has 3 atom stereocenters. The van der Waals surface area contributed by atoms with Crippen molar-refractivity contribution in [1.82, 2.24) is 10.6 Å². The Kier molecular flexibility index (Phi) is 5.03. The molecule has 0 saturated carbocycles. The van der Waals surface area contributed by atoms with Crippen LogP contribution in [0.2, 0.25) is 0 Å². The van der Waals surface area contributed by atoms with Crippen LogP contribution in [0.15, 0.2) is 54.6 Å². The largest absolute Gasteiger partial charge is 0.496 e. The SMILES string of the molecule is COc1ccccc1[C@@H]1NC(=O)N[C@](O)(C(F)(F)F)[C@@H]1C(=O)c1ccccc1. The topological polar surface area (TPSA) is 87.7 Å². The third-order valence-electron chi connectivity index (χ3n) is 4.62. The van der Waals surface area contributed by atoms with Gasteiger partial charge in [-0.05, 0) is 6.07 Å². The summed E-state index contributed by atoms with van der Waals surface area (Å²) < 4.78 is 46.6. The van der Waals surface area contributed by atoms with Crippen molar-refractivity contribution in [1.29, 1.82) is 0 Å². The van der Waals surface area contributed by atoms with Crippen molar-refractivity contribution in [2.24, 2.45) is 5.92 Å². The van der Waals surface area contributed by atoms with Gasteiger partial charge in [0, 0.05) is 11.1 Å². The molecule has 1 fully saturated rings. The summed E-state index contributed by atoms with van der Waals surface area (Å²) in [5.74, 6) is -2.90. The van der Waals surface area contributed by atoms with Gasteiger partial charge in [0.1, 0.15) is 11.7 Å². The van der Waals surface area contributed by atoms with Crippen molar-refractivity contribution in [2.45, 2.75) is 17.9 Å². The molecule has 1 heterocycles. The standard InChI is InChI=1S/C19H17F3N2O4/c1-28-13-10-6-5-9-12(13)15-14(16(25)11-7-3-2-4-8-11)18(27,19(20,21)22)24-17(26)23-15/h2-10,14-15,27H,1H3,(H2,23,24,26)/t14-,15-,18+/m0/s1. The van der Waals surface area contributed by atoms with Gasteiger partial charge in [-0.3, -0.25) is 4.79 Å². The van der Waals surface area contributed by atoms with E-state index in [1.807, 2.05) is 0 Å². The van der Waals surface area contributed by atoms with Crippen LogP contribution in [0.3, 0.4) is 0 Å². The van der Waals surface area contributed by atoms with Gasteiger partial charge in [0.15, 0.2) is 5.78 Å². The lowest BCUT2D eigenvalue weighted by Crippen LogP contribution is -2.72. The predicted octanol–water partition coefficient (Wildman–Crippen LogP) is 2.80. The van der Waals surface area contributed by atoms with E-state index in [4.69, 9.17) is 4.74 Å². The van der Waals surface area contributed by atoms with Crippen molar-refractivity contribution in [3.8, 4) is 5.75 Å². The number of ketones is 1. The van der Waals surface area contributed by atoms with E-state index < -0.39 is 35.7 Å². The Bertz CT molecular complexity index is 888. The van der Waals surface area contributed by atoms with Gasteiger partial charge in [-0.25, -0.2) is 4.79 Å². The molecule has 0 aliphatic carbocycles. The molecule has 0 bridgehead atoms. The molecule has 28 heavy (non-hydrogen) atoms. The lowest BCUT2D eigenvalue weighted by molar-refractivity contribution is -0.287. The number of alkyl halides is 3. The number of benzene rings is 2. The maximum absolute atomic E-state index is 13.8. The van der Waals surface area contributed by atoms with E-state index in [0.29, 0.717) is 0 Å². The Morgan fingerprint density at radius 1 is 1.11 bits per heavy atom. The molecule has 1 aliphatic heterocycles. The van der Waals surface area contributed by atoms with E-state index in [-0.39, 0.29) is 16.9 Å². The van der Waals surface area contributed by atoms with Crippen molar-refractivity contribution >= 4 is 11.8 Å². The highest BCUT2D eigenvalue weighted by Gasteiger charge is 2.66. The molecular formula is C19H17F3N2O4. The Morgan fingerprint density at radius 2 is 1.71 bits per heavy atom. The van der Waals surface area contributed by atoms with Gasteiger partial charge in [-0.1, -0.05) is 48.5 Å². The maximum atomic E-state index is 13.8. The Balaban J connectivity index is 2.20. The van der Waals surface area contributed by atoms with Gasteiger partial charge in [-0.15, -0.1) is 0 Å². The first kappa shape index (κ1) is 19.7. The fourth-order valence-electron chi connectivity index (χ4n) is 3.30. The fourth-order valence-corrected chi connectivity index (χ4v) is 3.30. The minimum atomic E-state index is -5.31. The molecule has 3 rings (SSSR count). The smallest absolute Gasteiger partial charge is 0.437 e. The second-order valence-electron chi connectivity index (χ2n) is 6.29. The first-order valence-corrected chi connectivity index (χ1v) is 8.29. The summed E-state index contributed by atoms with van der Waals surface area (Å²) >= 11 is 0. The lowest BCUT2D eigenvalue weighted by atomic mass is 9.77. The number of methoxy groups -OCH3 is 1. The van der Waals surface area contributed by atoms with Gasteiger partial charge >= 0.3 is 12.2 Å². The molecule has 9 heteroatoms. The number of amides is 2. The second-order valence-corrected chi connectivity index (χ2v) is 6.29. The van der Waals surface area contributed by atoms with Gasteiger partial charge in [0.25, 0.3) is 0 Å². The van der Waals surface area contributed by atoms with Gasteiger partial charge in [0.05, 0.1) is 13.2 Å². The first-order chi connectivity index (χ1) is 13.2. The zero-order valence-electron chi connectivity index (χ0n) is 14.7. The fraction of sp³-hybridized carbons (Fsp3) is 0.263. The van der Waals surface area contributed by atoms with E-state index >= 15 is 0 Å². The number of carbonyl (C=O) groups excluding carboxylic acids is 2. The quantitative estimate of drug-likeness (QED) is 0.696. The van der Waals surface area contributed by atoms with Crippen molar-refractivity contribution in [3.05, 3.63) is 65.7 Å². The van der Waals surface area contributed by atoms with Crippen LogP contribution in [0.5, 0.6) is 5.75 Å². The highest BCUT2D eigenvalue weighted by Crippen LogP contribution is 2.45. The zero-order chi connectivity index (χ0) is 20.5. The minimum absolute atomic E-state index is 0.0342. The van der Waals surface area contributed by atoms with E-state index in [1.54, 1.807) is 12.1 Å². The van der Waals surface area contributed by atoms with Crippen LogP contribution in [0.25, 0.3) is 0 Å². The highest BCUT2D eigenvalue weighted by atomic mass is 19.4. The molecule has 0 aromatic heterocycles. The average molecular weight is 394 g/mol. The molecule has 2 aromatic carbocycles. The number of hydrogen-bond donors (Lipinski definition) is 3. The number of ether oxygens (including phenoxy) is 1. The van der Waals surface area contributed by atoms with Crippen molar-refractivity contribution in [2.75, 3.05) is 7.11 Å². The van der Waals surface area contributed by atoms with E-state index in [1.165, 1.54) is 54.9 Å². The number of halogens is 3. The average Bonchev–Trinajstić information content (AvgIpc) is 2.66. The monoisotopic (exact) mass is 394 g/mol. The van der Waals surface area contributed by atoms with Crippen molar-refractivity contribution < 1.29 is 32.6 Å². The summed E-state index contributed by atoms with van der Waals surface area (Å²) in [6, 6.07) is 10.6. The number of carbonyl (C=O) groups is 2. The van der Waals surface area contributed by atoms with Crippen molar-refractivity contribution in [3.63, 3.8) is 0 Å². The highest BCUT2D eigenvalue weighted by molar-refractivity contribution is 6.00. The van der Waals surface area contributed by atoms with E-state index in [2.05, 4.69) is 5.32 Å². The van der Waals surface area contributed by atoms with Crippen LogP contribution in [0.1, 0.15) is 22.0 Å². The molecule has 0 spiro atoms. The number of Topliss-reactive ketones (excluding diaryl/α,β-unsaturated/α-hetero) is 1. The van der Waals surface area contributed by atoms with Gasteiger partial charge < -0.3 is 20.5 Å². The Labute approximate surface area is 158 Å². The van der Waals surface area contributed by atoms with Crippen LogP contribution in [-0.2, 0) is 0 Å². The number of hydrogen-bond acceptors (Lipinski definition) is 4. The lowest BCUT2D eigenvalue weighted by Gasteiger charge is -2.45. The van der Waals surface area contributed by atoms with Crippen LogP contribution >= 0.6 is 0 Å². The van der Waals surface area contributed by atoms with E-state index in [0.717, 1.165) is 0 Å². The summed E-state index contributed by atoms with van der Waals surface area (Å²) in [5.41, 5.74) is -3.67. The van der Waals surface area contributed by atoms with Crippen LogP contribution in [-0.4, -0.2) is 35.9 Å². The Hall–Kier alpha value is -3.07. The summed E-state index contributed by atoms with van der Waals surface area (Å²) in [5, 5.41) is 14.3. The number of nitrogens with one attached hydrogen (secondary N) is 2. The molecule has 148 valence electrons. The third kappa shape index (κ3) is 3.29. The maximum Gasteiger partial charge on any atom is 0.437 e. The summed E-state index contributed by atoms with van der Waals surface area (Å²) in [6.07, 6.45) is -5.31. The zero-order valence-corrected chi connectivity index (χ0v) is 14.7. The number of aliphatic hydroxyl groups is 1. The summed E-state index contributed by atoms with van der Waals surface area (Å²) in [4.78, 5) is 25.0. The molecule has 1 saturated heterocycles. The Morgan fingerprint density at radius 3 is 2.32 bits per heavy atom. The number of para-hydroxylation sites is 1. The predicted molar refractivity (Wildman–Crippen MR) is 92.7 cm³/mol. The molecule has 6 nitrogen and oxygen atoms in total. The van der Waals surface area contributed by atoms with E-state index in [9.17, 15) is 27.9 Å². The molecule has 0 unspecified atom stereocenters. The normalized spacial score (nSPS) is 24.8. The van der Waals surface area contributed by atoms with Crippen LogP contribution in [0, 0.1) is 5.92 Å². The summed E-state index contributed by atoms with van der Waals surface area (Å²) in [6.45, 7) is 0. The molecule has 3 N–H and O–H groups in total. The third-order valence-corrected chi connectivity index (χ3v) is 4.62. The second kappa shape index (κ2) is 7.16. The van der Waals surface area contributed by atoms with Crippen LogP contribution < -0.4 is 15.4 Å². The minimum Gasteiger partial charge on any atom is -0.496 e.